The Balaban J connectivity index is 1.20. The highest BCUT2D eigenvalue weighted by Gasteiger charge is 2.45. The molecule has 0 amide bonds. The van der Waals surface area contributed by atoms with Crippen LogP contribution in [0.25, 0.3) is 21.9 Å². The van der Waals surface area contributed by atoms with Crippen molar-refractivity contribution in [2.75, 3.05) is 37.7 Å². The first-order valence-corrected chi connectivity index (χ1v) is 14.8. The van der Waals surface area contributed by atoms with E-state index in [1.807, 2.05) is 6.33 Å². The molecule has 8 rings (SSSR count). The Hall–Kier alpha value is -3.23. The highest BCUT2D eigenvalue weighted by atomic mass is 16.5. The molecular weight excluding hydrogens is 486 g/mol. The average Bonchev–Trinajstić information content (AvgIpc) is 3.79. The molecule has 0 unspecified atom stereocenters. The predicted molar refractivity (Wildman–Crippen MR) is 154 cm³/mol. The van der Waals surface area contributed by atoms with Gasteiger partial charge >= 0.3 is 0 Å². The Morgan fingerprint density at radius 3 is 2.62 bits per heavy atom. The molecule has 4 fully saturated rings. The fourth-order valence-electron chi connectivity index (χ4n) is 7.83. The van der Waals surface area contributed by atoms with Crippen molar-refractivity contribution in [1.82, 2.24) is 29.7 Å². The molecular formula is C31H37N7O. The lowest BCUT2D eigenvalue weighted by Gasteiger charge is -2.32. The Morgan fingerprint density at radius 1 is 1.05 bits per heavy atom. The average molecular weight is 524 g/mol. The number of piperazine rings is 1. The third kappa shape index (κ3) is 3.83. The summed E-state index contributed by atoms with van der Waals surface area (Å²) in [6, 6.07) is 14.2. The zero-order valence-electron chi connectivity index (χ0n) is 22.8. The summed E-state index contributed by atoms with van der Waals surface area (Å²) in [6.07, 6.45) is 9.04. The molecule has 6 heterocycles. The summed E-state index contributed by atoms with van der Waals surface area (Å²) >= 11 is 0. The number of aromatic nitrogens is 4. The molecule has 0 aliphatic carbocycles. The van der Waals surface area contributed by atoms with Gasteiger partial charge < -0.3 is 19.5 Å². The monoisotopic (exact) mass is 523 g/mol. The summed E-state index contributed by atoms with van der Waals surface area (Å²) in [6.45, 7) is 7.96. The maximum Gasteiger partial charge on any atom is 0.247 e. The topological polar surface area (TPSA) is 71.3 Å². The number of hydrogen-bond acceptors (Lipinski definition) is 7. The molecule has 2 bridgehead atoms. The quantitative estimate of drug-likeness (QED) is 0.390. The van der Waals surface area contributed by atoms with E-state index < -0.39 is 0 Å². The van der Waals surface area contributed by atoms with Crippen LogP contribution >= 0.6 is 0 Å². The van der Waals surface area contributed by atoms with E-state index in [2.05, 4.69) is 63.0 Å². The molecule has 202 valence electrons. The van der Waals surface area contributed by atoms with Gasteiger partial charge in [-0.1, -0.05) is 43.3 Å². The number of rotatable bonds is 7. The van der Waals surface area contributed by atoms with Crippen LogP contribution in [0.4, 0.5) is 5.95 Å². The molecule has 1 N–H and O–H groups in total. The summed E-state index contributed by atoms with van der Waals surface area (Å²) in [7, 11) is 0. The number of anilines is 1. The molecule has 0 radical (unpaired) electrons. The van der Waals surface area contributed by atoms with Crippen LogP contribution in [0.1, 0.15) is 50.2 Å². The van der Waals surface area contributed by atoms with Gasteiger partial charge in [-0.15, -0.1) is 0 Å². The van der Waals surface area contributed by atoms with Gasteiger partial charge in [0.15, 0.2) is 11.2 Å². The van der Waals surface area contributed by atoms with Gasteiger partial charge in [0.05, 0.1) is 18.4 Å². The lowest BCUT2D eigenvalue weighted by molar-refractivity contribution is 0.111. The van der Waals surface area contributed by atoms with E-state index in [1.165, 1.54) is 60.7 Å². The fraction of sp³-hybridized carbons (Fsp3) is 0.516. The first-order valence-electron chi connectivity index (χ1n) is 14.8. The molecule has 2 aromatic heterocycles. The van der Waals surface area contributed by atoms with E-state index in [1.54, 1.807) is 0 Å². The van der Waals surface area contributed by atoms with E-state index in [-0.39, 0.29) is 5.54 Å². The number of benzene rings is 2. The first kappa shape index (κ1) is 23.6. The van der Waals surface area contributed by atoms with Crippen molar-refractivity contribution in [3.8, 4) is 5.88 Å². The van der Waals surface area contributed by atoms with E-state index >= 15 is 0 Å². The fourth-order valence-corrected chi connectivity index (χ4v) is 7.83. The lowest BCUT2D eigenvalue weighted by atomic mass is 9.95. The predicted octanol–water partition coefficient (Wildman–Crippen LogP) is 4.15. The van der Waals surface area contributed by atoms with Crippen molar-refractivity contribution in [3.63, 3.8) is 0 Å². The first-order chi connectivity index (χ1) is 19.2. The molecule has 4 saturated heterocycles. The zero-order chi connectivity index (χ0) is 26.0. The number of ether oxygens (including phenoxy) is 1. The molecule has 8 heteroatoms. The third-order valence-corrected chi connectivity index (χ3v) is 9.82. The Labute approximate surface area is 229 Å². The largest absolute Gasteiger partial charge is 0.474 e. The van der Waals surface area contributed by atoms with Crippen LogP contribution in [0.5, 0.6) is 5.88 Å². The number of aryl methyl sites for hydroxylation is 1. The second-order valence-corrected chi connectivity index (χ2v) is 12.0. The summed E-state index contributed by atoms with van der Waals surface area (Å²) in [5.41, 5.74) is 4.48. The van der Waals surface area contributed by atoms with Crippen molar-refractivity contribution in [2.24, 2.45) is 0 Å². The number of fused-ring (bicyclic) bond motifs is 5. The molecule has 2 aromatic carbocycles. The van der Waals surface area contributed by atoms with Gasteiger partial charge in [0, 0.05) is 25.2 Å². The molecule has 0 saturated carbocycles. The van der Waals surface area contributed by atoms with E-state index in [4.69, 9.17) is 19.7 Å². The summed E-state index contributed by atoms with van der Waals surface area (Å²) < 4.78 is 8.84. The highest BCUT2D eigenvalue weighted by Crippen LogP contribution is 2.40. The van der Waals surface area contributed by atoms with Crippen LogP contribution in [-0.4, -0.2) is 74.8 Å². The van der Waals surface area contributed by atoms with Crippen molar-refractivity contribution < 1.29 is 4.74 Å². The summed E-state index contributed by atoms with van der Waals surface area (Å²) in [5, 5.41) is 6.24. The Bertz CT molecular complexity index is 1530. The van der Waals surface area contributed by atoms with Crippen LogP contribution in [0.3, 0.4) is 0 Å². The summed E-state index contributed by atoms with van der Waals surface area (Å²) in [5.74, 6) is 1.43. The Kier molecular flexibility index (Phi) is 5.56. The van der Waals surface area contributed by atoms with Crippen molar-refractivity contribution >= 4 is 27.9 Å². The van der Waals surface area contributed by atoms with Crippen molar-refractivity contribution in [3.05, 3.63) is 53.9 Å². The van der Waals surface area contributed by atoms with Gasteiger partial charge in [0.25, 0.3) is 0 Å². The second-order valence-electron chi connectivity index (χ2n) is 12.0. The van der Waals surface area contributed by atoms with Crippen LogP contribution in [0.2, 0.25) is 0 Å². The molecule has 0 spiro atoms. The van der Waals surface area contributed by atoms with Crippen LogP contribution in [0.15, 0.2) is 42.7 Å². The number of hydrogen-bond donors (Lipinski definition) is 1. The number of nitrogens with zero attached hydrogens (tertiary/aromatic N) is 6. The minimum Gasteiger partial charge on any atom is -0.474 e. The van der Waals surface area contributed by atoms with E-state index in [9.17, 15) is 0 Å². The van der Waals surface area contributed by atoms with E-state index in [0.717, 1.165) is 43.0 Å². The third-order valence-electron chi connectivity index (χ3n) is 9.82. The van der Waals surface area contributed by atoms with Crippen molar-refractivity contribution in [2.45, 2.75) is 69.6 Å². The van der Waals surface area contributed by atoms with Crippen molar-refractivity contribution in [1.29, 1.82) is 0 Å². The molecule has 2 atom stereocenters. The van der Waals surface area contributed by atoms with E-state index in [0.29, 0.717) is 31.1 Å². The highest BCUT2D eigenvalue weighted by molar-refractivity contribution is 5.89. The van der Waals surface area contributed by atoms with Crippen LogP contribution in [0, 0.1) is 0 Å². The molecule has 4 aliphatic heterocycles. The number of imidazole rings is 1. The molecule has 39 heavy (non-hydrogen) atoms. The van der Waals surface area contributed by atoms with Crippen LogP contribution in [-0.2, 0) is 13.0 Å². The number of nitrogens with one attached hydrogen (secondary N) is 1. The standard InChI is InChI=1S/C31H37N7O/c1-2-21-7-3-8-22-9-4-10-23(26(21)22)17-36-20-33-27-28(36)34-30(38-18-24-15-25(38)16-32-24)35-29(27)39-19-31-11-5-13-37(31)14-6-12-31/h3-4,7-10,20,24-25,32H,2,5-6,11-19H2,1H3/t24-,25-/m0/s1. The van der Waals surface area contributed by atoms with Gasteiger partial charge in [-0.25, -0.2) is 4.98 Å². The summed E-state index contributed by atoms with van der Waals surface area (Å²) in [4.78, 5) is 20.1. The maximum atomic E-state index is 6.65. The van der Waals surface area contributed by atoms with Gasteiger partial charge in [0.2, 0.25) is 11.8 Å². The van der Waals surface area contributed by atoms with Gasteiger partial charge in [0.1, 0.15) is 6.61 Å². The second kappa shape index (κ2) is 9.17. The maximum absolute atomic E-state index is 6.65. The zero-order valence-corrected chi connectivity index (χ0v) is 22.8. The SMILES string of the molecule is CCc1cccc2cccc(Cn3cnc4c(OCC56CCCN5CCC6)nc(N5C[C@@H]6C[C@H]5CN6)nc43)c12. The Morgan fingerprint density at radius 2 is 1.87 bits per heavy atom. The van der Waals surface area contributed by atoms with Gasteiger partial charge in [-0.3, -0.25) is 4.90 Å². The van der Waals surface area contributed by atoms with Crippen LogP contribution < -0.4 is 15.0 Å². The normalized spacial score (nSPS) is 23.9. The molecule has 8 nitrogen and oxygen atoms in total. The minimum absolute atomic E-state index is 0.163. The molecule has 4 aromatic rings. The smallest absolute Gasteiger partial charge is 0.247 e. The van der Waals surface area contributed by atoms with Gasteiger partial charge in [-0.2, -0.15) is 9.97 Å². The lowest BCUT2D eigenvalue weighted by Crippen LogP contribution is -2.44. The molecule has 4 aliphatic rings. The minimum atomic E-state index is 0.163. The van der Waals surface area contributed by atoms with Gasteiger partial charge in [-0.05, 0) is 73.5 Å².